The smallest absolute Gasteiger partial charge is 0.222 e. The Hall–Kier alpha value is -2.82. The predicted octanol–water partition coefficient (Wildman–Crippen LogP) is 3.52. The number of hydrogen-bond acceptors (Lipinski definition) is 2. The third-order valence-corrected chi connectivity index (χ3v) is 3.64. The zero-order chi connectivity index (χ0) is 16.1. The number of carbonyl (C=O) groups excluding carboxylic acids is 1. The molecule has 3 aromatic rings. The van der Waals surface area contributed by atoms with E-state index in [-0.39, 0.29) is 24.2 Å². The number of amides is 1. The average Bonchev–Trinajstić information content (AvgIpc) is 3.24. The Morgan fingerprint density at radius 2 is 2.00 bits per heavy atom. The molecule has 0 aliphatic carbocycles. The highest BCUT2D eigenvalue weighted by Crippen LogP contribution is 2.23. The zero-order valence-electron chi connectivity index (χ0n) is 12.5. The van der Waals surface area contributed by atoms with Gasteiger partial charge in [-0.15, -0.1) is 0 Å². The van der Waals surface area contributed by atoms with Gasteiger partial charge in [0, 0.05) is 12.4 Å². The molecular formula is C18H17FN2O2. The number of hydrogen-bond donors (Lipinski definition) is 1. The van der Waals surface area contributed by atoms with Gasteiger partial charge in [-0.25, -0.2) is 4.39 Å². The van der Waals surface area contributed by atoms with E-state index in [9.17, 15) is 9.18 Å². The number of halogens is 1. The van der Waals surface area contributed by atoms with Crippen molar-refractivity contribution >= 4 is 5.91 Å². The van der Waals surface area contributed by atoms with Crippen LogP contribution in [0.25, 0.3) is 0 Å². The van der Waals surface area contributed by atoms with Crippen LogP contribution in [0.3, 0.4) is 0 Å². The maximum atomic E-state index is 13.5. The number of furan rings is 1. The van der Waals surface area contributed by atoms with Gasteiger partial charge in [0.25, 0.3) is 0 Å². The van der Waals surface area contributed by atoms with Gasteiger partial charge >= 0.3 is 0 Å². The molecule has 5 heteroatoms. The van der Waals surface area contributed by atoms with Crippen molar-refractivity contribution in [2.45, 2.75) is 19.0 Å². The predicted molar refractivity (Wildman–Crippen MR) is 84.1 cm³/mol. The first kappa shape index (κ1) is 15.1. The topological polar surface area (TPSA) is 47.2 Å². The van der Waals surface area contributed by atoms with Crippen LogP contribution in [0.15, 0.2) is 71.6 Å². The van der Waals surface area contributed by atoms with E-state index in [1.165, 1.54) is 12.1 Å². The molecule has 0 aliphatic rings. The Balaban J connectivity index is 1.72. The van der Waals surface area contributed by atoms with Gasteiger partial charge in [0.2, 0.25) is 5.91 Å². The molecule has 0 spiro atoms. The SMILES string of the molecule is O=C(C[C@@H](c1cccc(F)c1)n1cccc1)NCc1ccco1. The van der Waals surface area contributed by atoms with E-state index < -0.39 is 0 Å². The molecule has 0 radical (unpaired) electrons. The van der Waals surface area contributed by atoms with Crippen LogP contribution < -0.4 is 5.32 Å². The second-order valence-corrected chi connectivity index (χ2v) is 5.26. The molecule has 23 heavy (non-hydrogen) atoms. The van der Waals surface area contributed by atoms with E-state index in [1.807, 2.05) is 35.2 Å². The van der Waals surface area contributed by atoms with Gasteiger partial charge in [0.15, 0.2) is 0 Å². The second-order valence-electron chi connectivity index (χ2n) is 5.26. The summed E-state index contributed by atoms with van der Waals surface area (Å²) in [7, 11) is 0. The molecule has 4 nitrogen and oxygen atoms in total. The molecule has 0 aliphatic heterocycles. The highest BCUT2D eigenvalue weighted by molar-refractivity contribution is 5.76. The summed E-state index contributed by atoms with van der Waals surface area (Å²) in [6.07, 6.45) is 5.53. The van der Waals surface area contributed by atoms with Gasteiger partial charge in [-0.2, -0.15) is 0 Å². The standard InChI is InChI=1S/C18H17FN2O2/c19-15-6-3-5-14(11-15)17(21-8-1-2-9-21)12-18(22)20-13-16-7-4-10-23-16/h1-11,17H,12-13H2,(H,20,22)/t17-/m0/s1. The van der Waals surface area contributed by atoms with Crippen LogP contribution in [0.2, 0.25) is 0 Å². The molecule has 1 aromatic carbocycles. The van der Waals surface area contributed by atoms with Crippen molar-refractivity contribution in [3.05, 3.63) is 84.3 Å². The number of nitrogens with zero attached hydrogens (tertiary/aromatic N) is 1. The normalized spacial score (nSPS) is 12.0. The molecule has 0 unspecified atom stereocenters. The summed E-state index contributed by atoms with van der Waals surface area (Å²) in [6, 6.07) is 13.4. The van der Waals surface area contributed by atoms with Crippen molar-refractivity contribution in [2.24, 2.45) is 0 Å². The Morgan fingerprint density at radius 3 is 2.70 bits per heavy atom. The van der Waals surface area contributed by atoms with Crippen LogP contribution in [0.5, 0.6) is 0 Å². The summed E-state index contributed by atoms with van der Waals surface area (Å²) in [5, 5.41) is 2.82. The zero-order valence-corrected chi connectivity index (χ0v) is 12.5. The molecule has 0 saturated carbocycles. The minimum Gasteiger partial charge on any atom is -0.467 e. The van der Waals surface area contributed by atoms with E-state index >= 15 is 0 Å². The first-order valence-corrected chi connectivity index (χ1v) is 7.39. The fraction of sp³-hybridized carbons (Fsp3) is 0.167. The molecule has 0 saturated heterocycles. The highest BCUT2D eigenvalue weighted by atomic mass is 19.1. The monoisotopic (exact) mass is 312 g/mol. The Kier molecular flexibility index (Phi) is 4.57. The summed E-state index contributed by atoms with van der Waals surface area (Å²) >= 11 is 0. The van der Waals surface area contributed by atoms with Gasteiger partial charge in [-0.3, -0.25) is 4.79 Å². The van der Waals surface area contributed by atoms with Crippen molar-refractivity contribution in [1.29, 1.82) is 0 Å². The Labute approximate surface area is 133 Å². The fourth-order valence-corrected chi connectivity index (χ4v) is 2.51. The van der Waals surface area contributed by atoms with Crippen LogP contribution in [0, 0.1) is 5.82 Å². The van der Waals surface area contributed by atoms with E-state index in [2.05, 4.69) is 5.32 Å². The van der Waals surface area contributed by atoms with Crippen LogP contribution in [0.4, 0.5) is 4.39 Å². The molecule has 118 valence electrons. The molecule has 1 atom stereocenters. The molecule has 0 fully saturated rings. The van der Waals surface area contributed by atoms with Gasteiger partial charge in [-0.1, -0.05) is 12.1 Å². The summed E-state index contributed by atoms with van der Waals surface area (Å²) in [5.74, 6) is 0.265. The molecule has 2 heterocycles. The third-order valence-electron chi connectivity index (χ3n) is 3.64. The van der Waals surface area contributed by atoms with Crippen molar-refractivity contribution in [1.82, 2.24) is 9.88 Å². The van der Waals surface area contributed by atoms with E-state index in [0.29, 0.717) is 12.3 Å². The Bertz CT molecular complexity index is 751. The summed E-state index contributed by atoms with van der Waals surface area (Å²) in [4.78, 5) is 12.2. The van der Waals surface area contributed by atoms with Crippen molar-refractivity contribution < 1.29 is 13.6 Å². The lowest BCUT2D eigenvalue weighted by molar-refractivity contribution is -0.121. The summed E-state index contributed by atoms with van der Waals surface area (Å²) in [5.41, 5.74) is 0.759. The second kappa shape index (κ2) is 6.96. The number of nitrogens with one attached hydrogen (secondary N) is 1. The number of carbonyl (C=O) groups is 1. The van der Waals surface area contributed by atoms with Crippen molar-refractivity contribution in [2.75, 3.05) is 0 Å². The number of rotatable bonds is 6. The lowest BCUT2D eigenvalue weighted by Gasteiger charge is -2.19. The molecular weight excluding hydrogens is 295 g/mol. The van der Waals surface area contributed by atoms with Gasteiger partial charge in [0.1, 0.15) is 11.6 Å². The molecule has 3 rings (SSSR count). The molecule has 1 amide bonds. The van der Waals surface area contributed by atoms with Gasteiger partial charge in [0.05, 0.1) is 25.3 Å². The van der Waals surface area contributed by atoms with Crippen molar-refractivity contribution in [3.8, 4) is 0 Å². The van der Waals surface area contributed by atoms with E-state index in [0.717, 1.165) is 5.56 Å². The molecule has 0 bridgehead atoms. The third kappa shape index (κ3) is 3.88. The van der Waals surface area contributed by atoms with Crippen LogP contribution >= 0.6 is 0 Å². The average molecular weight is 312 g/mol. The summed E-state index contributed by atoms with van der Waals surface area (Å²) in [6.45, 7) is 0.341. The number of aromatic nitrogens is 1. The fourth-order valence-electron chi connectivity index (χ4n) is 2.51. The van der Waals surface area contributed by atoms with Gasteiger partial charge < -0.3 is 14.3 Å². The quantitative estimate of drug-likeness (QED) is 0.757. The minimum absolute atomic E-state index is 0.121. The maximum Gasteiger partial charge on any atom is 0.222 e. The van der Waals surface area contributed by atoms with E-state index in [4.69, 9.17) is 4.42 Å². The van der Waals surface area contributed by atoms with Gasteiger partial charge in [-0.05, 0) is 42.0 Å². The van der Waals surface area contributed by atoms with Crippen LogP contribution in [-0.2, 0) is 11.3 Å². The first-order chi connectivity index (χ1) is 11.2. The molecule has 2 aromatic heterocycles. The minimum atomic E-state index is -0.310. The van der Waals surface area contributed by atoms with Crippen molar-refractivity contribution in [3.63, 3.8) is 0 Å². The van der Waals surface area contributed by atoms with E-state index in [1.54, 1.807) is 24.5 Å². The highest BCUT2D eigenvalue weighted by Gasteiger charge is 2.18. The number of benzene rings is 1. The summed E-state index contributed by atoms with van der Waals surface area (Å²) < 4.78 is 20.6. The lowest BCUT2D eigenvalue weighted by atomic mass is 10.0. The van der Waals surface area contributed by atoms with Crippen LogP contribution in [0.1, 0.15) is 23.8 Å². The maximum absolute atomic E-state index is 13.5. The van der Waals surface area contributed by atoms with Crippen LogP contribution in [-0.4, -0.2) is 10.5 Å². The first-order valence-electron chi connectivity index (χ1n) is 7.39. The largest absolute Gasteiger partial charge is 0.467 e. The lowest BCUT2D eigenvalue weighted by Crippen LogP contribution is -2.26. The Morgan fingerprint density at radius 1 is 1.17 bits per heavy atom. The molecule has 1 N–H and O–H groups in total.